The smallest absolute Gasteiger partial charge is 0.357 e. The van der Waals surface area contributed by atoms with Crippen LogP contribution in [0.4, 0.5) is 0 Å². The van der Waals surface area contributed by atoms with E-state index < -0.39 is 11.9 Å². The summed E-state index contributed by atoms with van der Waals surface area (Å²) in [6, 6.07) is 8.61. The number of esters is 2. The van der Waals surface area contributed by atoms with Crippen molar-refractivity contribution < 1.29 is 28.6 Å². The van der Waals surface area contributed by atoms with Gasteiger partial charge < -0.3 is 14.2 Å². The van der Waals surface area contributed by atoms with Crippen LogP contribution in [0.25, 0.3) is 21.6 Å². The molecule has 0 radical (unpaired) electrons. The van der Waals surface area contributed by atoms with E-state index in [4.69, 9.17) is 14.2 Å². The lowest BCUT2D eigenvalue weighted by atomic mass is 9.94. The zero-order valence-electron chi connectivity index (χ0n) is 17.5. The van der Waals surface area contributed by atoms with Gasteiger partial charge in [0.05, 0.1) is 13.7 Å². The van der Waals surface area contributed by atoms with Crippen LogP contribution in [-0.2, 0) is 15.9 Å². The number of ether oxygens (including phenoxy) is 3. The molecule has 0 spiro atoms. The van der Waals surface area contributed by atoms with Gasteiger partial charge in [0.15, 0.2) is 12.0 Å². The summed E-state index contributed by atoms with van der Waals surface area (Å²) < 4.78 is 16.1. The molecule has 0 fully saturated rings. The summed E-state index contributed by atoms with van der Waals surface area (Å²) in [7, 11) is 2.75. The van der Waals surface area contributed by atoms with E-state index in [1.807, 2.05) is 5.38 Å². The fourth-order valence-electron chi connectivity index (χ4n) is 3.55. The molecule has 0 aliphatic carbocycles. The van der Waals surface area contributed by atoms with Crippen LogP contribution >= 0.6 is 41.5 Å². The Bertz CT molecular complexity index is 1230. The van der Waals surface area contributed by atoms with Crippen LogP contribution in [0.3, 0.4) is 0 Å². The van der Waals surface area contributed by atoms with Gasteiger partial charge in [0.25, 0.3) is 0 Å². The number of thiophene rings is 1. The number of hydrogen-bond donors (Lipinski definition) is 0. The van der Waals surface area contributed by atoms with Gasteiger partial charge in [-0.1, -0.05) is 8.93 Å². The summed E-state index contributed by atoms with van der Waals surface area (Å²) in [5.41, 5.74) is 3.12. The minimum atomic E-state index is -0.726. The van der Waals surface area contributed by atoms with Crippen LogP contribution < -0.4 is 4.74 Å². The molecular weight excluding hydrogens is 577 g/mol. The van der Waals surface area contributed by atoms with Crippen molar-refractivity contribution in [1.82, 2.24) is 4.98 Å². The van der Waals surface area contributed by atoms with Gasteiger partial charge in [0.1, 0.15) is 18.1 Å². The summed E-state index contributed by atoms with van der Waals surface area (Å²) in [5.74, 6) is -0.107. The largest absolute Gasteiger partial charge is 0.493 e. The predicted octanol–water partition coefficient (Wildman–Crippen LogP) is 5.25. The molecule has 0 amide bonds. The van der Waals surface area contributed by atoms with Crippen molar-refractivity contribution in [2.75, 3.05) is 26.1 Å². The van der Waals surface area contributed by atoms with Crippen LogP contribution in [0.15, 0.2) is 35.7 Å². The van der Waals surface area contributed by atoms with E-state index in [1.165, 1.54) is 27.7 Å². The van der Waals surface area contributed by atoms with E-state index in [1.54, 1.807) is 29.5 Å². The molecule has 1 aliphatic rings. The standard InChI is InChI=1S/C23H18INO6S2/c1-29-23(28)20-15(2-3-18(25-20)22(27)31-7-9-33-24)16-11-19-17(10-14(16)12-26)21-13(4-6-30-19)5-8-32-21/h2-3,5,8,10-12H,4,6-7,9H2,1H3. The number of methoxy groups -OCH3 is 1. The quantitative estimate of drug-likeness (QED) is 0.158. The fourth-order valence-corrected chi connectivity index (χ4v) is 5.21. The molecule has 170 valence electrons. The molecule has 0 saturated carbocycles. The van der Waals surface area contributed by atoms with E-state index >= 15 is 0 Å². The highest BCUT2D eigenvalue weighted by Crippen LogP contribution is 2.42. The minimum absolute atomic E-state index is 0.0144. The third-order valence-corrected chi connectivity index (χ3v) is 7.70. The van der Waals surface area contributed by atoms with Gasteiger partial charge in [-0.05, 0) is 68.0 Å². The fraction of sp³-hybridized carbons (Fsp3) is 0.217. The molecule has 1 aliphatic heterocycles. The van der Waals surface area contributed by atoms with Crippen molar-refractivity contribution in [2.45, 2.75) is 6.42 Å². The van der Waals surface area contributed by atoms with Crippen LogP contribution in [0.2, 0.25) is 0 Å². The summed E-state index contributed by atoms with van der Waals surface area (Å²) >= 11 is 3.70. The summed E-state index contributed by atoms with van der Waals surface area (Å²) in [5, 5.41) is 2.02. The summed E-state index contributed by atoms with van der Waals surface area (Å²) in [6.07, 6.45) is 1.50. The van der Waals surface area contributed by atoms with Crippen molar-refractivity contribution in [2.24, 2.45) is 0 Å². The Morgan fingerprint density at radius 1 is 1.21 bits per heavy atom. The molecule has 1 aromatic carbocycles. The normalized spacial score (nSPS) is 12.1. The second kappa shape index (κ2) is 10.7. The third kappa shape index (κ3) is 4.92. The van der Waals surface area contributed by atoms with Crippen LogP contribution in [0.1, 0.15) is 36.9 Å². The Labute approximate surface area is 210 Å². The van der Waals surface area contributed by atoms with Gasteiger partial charge in [0, 0.05) is 33.7 Å². The van der Waals surface area contributed by atoms with Crippen LogP contribution in [0, 0.1) is 0 Å². The highest BCUT2D eigenvalue weighted by atomic mass is 127. The monoisotopic (exact) mass is 595 g/mol. The molecule has 4 rings (SSSR count). The zero-order chi connectivity index (χ0) is 23.4. The number of benzene rings is 1. The number of nitrogens with zero attached hydrogens (tertiary/aromatic N) is 1. The van der Waals surface area contributed by atoms with Crippen LogP contribution in [0.5, 0.6) is 5.75 Å². The molecule has 0 saturated heterocycles. The van der Waals surface area contributed by atoms with Gasteiger partial charge in [-0.2, -0.15) is 0 Å². The number of aldehydes is 1. The van der Waals surface area contributed by atoms with Gasteiger partial charge in [-0.3, -0.25) is 4.79 Å². The van der Waals surface area contributed by atoms with Gasteiger partial charge in [0.2, 0.25) is 0 Å². The first-order chi connectivity index (χ1) is 16.1. The van der Waals surface area contributed by atoms with Crippen molar-refractivity contribution >= 4 is 59.7 Å². The average Bonchev–Trinajstić information content (AvgIpc) is 3.24. The number of fused-ring (bicyclic) bond motifs is 3. The Morgan fingerprint density at radius 2 is 2.06 bits per heavy atom. The number of carbonyl (C=O) groups excluding carboxylic acids is 3. The zero-order valence-corrected chi connectivity index (χ0v) is 21.3. The second-order valence-corrected chi connectivity index (χ2v) is 10.4. The van der Waals surface area contributed by atoms with Gasteiger partial charge >= 0.3 is 11.9 Å². The average molecular weight is 595 g/mol. The molecule has 10 heteroatoms. The second-order valence-electron chi connectivity index (χ2n) is 6.96. The number of carbonyl (C=O) groups is 3. The topological polar surface area (TPSA) is 91.8 Å². The first kappa shape index (κ1) is 23.7. The maximum Gasteiger partial charge on any atom is 0.357 e. The summed E-state index contributed by atoms with van der Waals surface area (Å²) in [4.78, 5) is 42.2. The van der Waals surface area contributed by atoms with Crippen molar-refractivity contribution in [3.05, 3.63) is 58.2 Å². The molecule has 0 unspecified atom stereocenters. The maximum absolute atomic E-state index is 12.6. The third-order valence-electron chi connectivity index (χ3n) is 5.07. The lowest BCUT2D eigenvalue weighted by Gasteiger charge is -2.15. The Balaban J connectivity index is 1.81. The molecule has 2 aromatic heterocycles. The Kier molecular flexibility index (Phi) is 7.66. The Hall–Kier alpha value is -2.44. The van der Waals surface area contributed by atoms with E-state index in [-0.39, 0.29) is 18.0 Å². The molecule has 33 heavy (non-hydrogen) atoms. The van der Waals surface area contributed by atoms with Crippen LogP contribution in [-0.4, -0.2) is 49.3 Å². The van der Waals surface area contributed by atoms with Crippen molar-refractivity contribution in [1.29, 1.82) is 0 Å². The number of pyridine rings is 1. The number of rotatable bonds is 7. The first-order valence-corrected chi connectivity index (χ1v) is 14.3. The van der Waals surface area contributed by atoms with Gasteiger partial charge in [-0.15, -0.1) is 11.3 Å². The lowest BCUT2D eigenvalue weighted by molar-refractivity contribution is 0.0522. The molecule has 3 aromatic rings. The minimum Gasteiger partial charge on any atom is -0.493 e. The molecule has 7 nitrogen and oxygen atoms in total. The lowest BCUT2D eigenvalue weighted by Crippen LogP contribution is -2.14. The van der Waals surface area contributed by atoms with E-state index in [2.05, 4.69) is 32.3 Å². The number of aromatic nitrogens is 1. The van der Waals surface area contributed by atoms with Crippen molar-refractivity contribution in [3.63, 3.8) is 0 Å². The summed E-state index contributed by atoms with van der Waals surface area (Å²) in [6.45, 7) is 0.727. The molecule has 0 bridgehead atoms. The van der Waals surface area contributed by atoms with E-state index in [0.717, 1.165) is 23.1 Å². The van der Waals surface area contributed by atoms with Gasteiger partial charge in [-0.25, -0.2) is 14.6 Å². The molecule has 0 N–H and O–H groups in total. The van der Waals surface area contributed by atoms with E-state index in [0.29, 0.717) is 34.8 Å². The number of hydrogen-bond acceptors (Lipinski definition) is 9. The molecule has 3 heterocycles. The molecular formula is C23H18INO6S2. The SMILES string of the molecule is COC(=O)c1nc(C(=O)OCCSI)ccc1-c1cc2c(cc1C=O)-c1sccc1CCO2. The van der Waals surface area contributed by atoms with Crippen molar-refractivity contribution in [3.8, 4) is 27.3 Å². The predicted molar refractivity (Wildman–Crippen MR) is 136 cm³/mol. The first-order valence-electron chi connectivity index (χ1n) is 9.90. The van der Waals surface area contributed by atoms with E-state index in [9.17, 15) is 14.4 Å². The highest BCUT2D eigenvalue weighted by molar-refractivity contribution is 14.2. The molecule has 0 atom stereocenters. The highest BCUT2D eigenvalue weighted by Gasteiger charge is 2.24. The number of halogens is 1. The Morgan fingerprint density at radius 3 is 2.82 bits per heavy atom. The maximum atomic E-state index is 12.6.